The van der Waals surface area contributed by atoms with E-state index in [1.807, 2.05) is 42.0 Å². The number of aromatic nitrogens is 2. The number of carboxylic acids is 1. The van der Waals surface area contributed by atoms with Crippen LogP contribution in [0.5, 0.6) is 0 Å². The van der Waals surface area contributed by atoms with Crippen LogP contribution in [-0.4, -0.2) is 26.3 Å². The van der Waals surface area contributed by atoms with E-state index < -0.39 is 5.97 Å². The van der Waals surface area contributed by atoms with E-state index in [0.717, 1.165) is 17.0 Å². The molecule has 2 N–H and O–H groups in total. The fourth-order valence-corrected chi connectivity index (χ4v) is 2.46. The molecule has 3 aromatic rings. The molecular formula is C18H15ClN4O2. The van der Waals surface area contributed by atoms with Gasteiger partial charge in [-0.25, -0.2) is 9.78 Å². The quantitative estimate of drug-likeness (QED) is 0.535. The Labute approximate surface area is 149 Å². The largest absolute Gasteiger partial charge is 0.478 e. The van der Waals surface area contributed by atoms with Gasteiger partial charge in [0.1, 0.15) is 0 Å². The Kier molecular flexibility index (Phi) is 4.81. The van der Waals surface area contributed by atoms with Crippen molar-refractivity contribution in [2.24, 2.45) is 5.10 Å². The van der Waals surface area contributed by atoms with Crippen LogP contribution in [0, 0.1) is 0 Å². The minimum absolute atomic E-state index is 0.0317. The molecule has 3 rings (SSSR count). The second-order valence-electron chi connectivity index (χ2n) is 5.33. The summed E-state index contributed by atoms with van der Waals surface area (Å²) in [5.74, 6) is -1.08. The first-order valence-corrected chi connectivity index (χ1v) is 7.84. The predicted octanol–water partition coefficient (Wildman–Crippen LogP) is 4.06. The molecule has 0 atom stereocenters. The van der Waals surface area contributed by atoms with E-state index in [-0.39, 0.29) is 10.6 Å². The maximum Gasteiger partial charge on any atom is 0.337 e. The fourth-order valence-electron chi connectivity index (χ4n) is 2.26. The molecule has 0 aliphatic carbocycles. The van der Waals surface area contributed by atoms with Gasteiger partial charge in [0, 0.05) is 18.1 Å². The van der Waals surface area contributed by atoms with Crippen LogP contribution < -0.4 is 5.43 Å². The topological polar surface area (TPSA) is 79.5 Å². The van der Waals surface area contributed by atoms with E-state index in [2.05, 4.69) is 15.5 Å². The Balaban J connectivity index is 1.76. The van der Waals surface area contributed by atoms with Crippen LogP contribution in [0.25, 0.3) is 5.69 Å². The Morgan fingerprint density at radius 1 is 1.24 bits per heavy atom. The van der Waals surface area contributed by atoms with E-state index in [0.29, 0.717) is 5.69 Å². The Bertz CT molecular complexity index is 919. The molecule has 0 amide bonds. The number of benzene rings is 2. The van der Waals surface area contributed by atoms with E-state index in [1.165, 1.54) is 12.1 Å². The normalized spacial score (nSPS) is 11.4. The highest BCUT2D eigenvalue weighted by molar-refractivity contribution is 6.33. The number of carbonyl (C=O) groups is 1. The second kappa shape index (κ2) is 7.19. The number of halogens is 1. The molecule has 1 heterocycles. The Morgan fingerprint density at radius 3 is 2.64 bits per heavy atom. The van der Waals surface area contributed by atoms with Crippen LogP contribution >= 0.6 is 11.6 Å². The van der Waals surface area contributed by atoms with E-state index >= 15 is 0 Å². The minimum Gasteiger partial charge on any atom is -0.478 e. The highest BCUT2D eigenvalue weighted by Crippen LogP contribution is 2.20. The lowest BCUT2D eigenvalue weighted by molar-refractivity contribution is 0.0697. The molecule has 0 saturated heterocycles. The third kappa shape index (κ3) is 3.87. The average molecular weight is 355 g/mol. The lowest BCUT2D eigenvalue weighted by Gasteiger charge is -2.07. The average Bonchev–Trinajstić information content (AvgIpc) is 3.15. The number of hydrazone groups is 1. The van der Waals surface area contributed by atoms with Crippen molar-refractivity contribution >= 4 is 29.0 Å². The lowest BCUT2D eigenvalue weighted by atomic mass is 10.1. The molecule has 0 bridgehead atoms. The zero-order valence-electron chi connectivity index (χ0n) is 13.3. The van der Waals surface area contributed by atoms with Crippen molar-refractivity contribution in [1.82, 2.24) is 9.55 Å². The first kappa shape index (κ1) is 16.7. The summed E-state index contributed by atoms with van der Waals surface area (Å²) in [5.41, 5.74) is 6.16. The van der Waals surface area contributed by atoms with Gasteiger partial charge in [-0.2, -0.15) is 5.10 Å². The first-order valence-electron chi connectivity index (χ1n) is 7.46. The van der Waals surface area contributed by atoms with Crippen molar-refractivity contribution < 1.29 is 9.90 Å². The third-order valence-corrected chi connectivity index (χ3v) is 3.97. The smallest absolute Gasteiger partial charge is 0.337 e. The highest BCUT2D eigenvalue weighted by Gasteiger charge is 2.09. The number of rotatable bonds is 5. The van der Waals surface area contributed by atoms with Crippen molar-refractivity contribution in [3.8, 4) is 5.69 Å². The molecule has 2 aromatic carbocycles. The molecule has 25 heavy (non-hydrogen) atoms. The van der Waals surface area contributed by atoms with Crippen LogP contribution in [0.4, 0.5) is 5.69 Å². The summed E-state index contributed by atoms with van der Waals surface area (Å²) >= 11 is 5.86. The van der Waals surface area contributed by atoms with E-state index in [1.54, 1.807) is 18.6 Å². The predicted molar refractivity (Wildman–Crippen MR) is 97.8 cm³/mol. The molecule has 1 aromatic heterocycles. The van der Waals surface area contributed by atoms with Crippen LogP contribution in [-0.2, 0) is 0 Å². The summed E-state index contributed by atoms with van der Waals surface area (Å²) in [6.45, 7) is 1.87. The Morgan fingerprint density at radius 2 is 2.00 bits per heavy atom. The molecule has 0 aliphatic rings. The molecule has 126 valence electrons. The second-order valence-corrected chi connectivity index (χ2v) is 5.73. The van der Waals surface area contributed by atoms with E-state index in [4.69, 9.17) is 16.7 Å². The molecule has 7 heteroatoms. The summed E-state index contributed by atoms with van der Waals surface area (Å²) in [7, 11) is 0. The van der Waals surface area contributed by atoms with Crippen molar-refractivity contribution in [2.45, 2.75) is 6.92 Å². The number of nitrogens with one attached hydrogen (secondary N) is 1. The summed E-state index contributed by atoms with van der Waals surface area (Å²) < 4.78 is 1.91. The number of imidazole rings is 1. The summed E-state index contributed by atoms with van der Waals surface area (Å²) in [5, 5.41) is 13.6. The number of hydrogen-bond acceptors (Lipinski definition) is 4. The third-order valence-electron chi connectivity index (χ3n) is 3.64. The van der Waals surface area contributed by atoms with Crippen LogP contribution in [0.1, 0.15) is 22.8 Å². The number of anilines is 1. The molecule has 0 unspecified atom stereocenters. The van der Waals surface area contributed by atoms with Crippen molar-refractivity contribution in [2.75, 3.05) is 5.43 Å². The zero-order valence-corrected chi connectivity index (χ0v) is 14.1. The Hall–Kier alpha value is -3.12. The van der Waals surface area contributed by atoms with Gasteiger partial charge >= 0.3 is 5.97 Å². The highest BCUT2D eigenvalue weighted by atomic mass is 35.5. The van der Waals surface area contributed by atoms with Gasteiger partial charge in [0.05, 0.1) is 28.3 Å². The van der Waals surface area contributed by atoms with Gasteiger partial charge in [0.15, 0.2) is 0 Å². The first-order chi connectivity index (χ1) is 12.0. The SMILES string of the molecule is C/C(=N/Nc1ccc(Cl)c(C(=O)O)c1)c1ccc(-n2ccnc2)cc1. The van der Waals surface area contributed by atoms with Gasteiger partial charge in [0.2, 0.25) is 0 Å². The van der Waals surface area contributed by atoms with Crippen molar-refractivity contribution in [3.63, 3.8) is 0 Å². The van der Waals surface area contributed by atoms with Gasteiger partial charge < -0.3 is 9.67 Å². The maximum absolute atomic E-state index is 11.1. The van der Waals surface area contributed by atoms with Gasteiger partial charge in [-0.05, 0) is 42.8 Å². The molecular weight excluding hydrogens is 340 g/mol. The molecule has 0 aliphatic heterocycles. The van der Waals surface area contributed by atoms with E-state index in [9.17, 15) is 4.79 Å². The monoisotopic (exact) mass is 354 g/mol. The number of nitrogens with zero attached hydrogens (tertiary/aromatic N) is 3. The molecule has 0 fully saturated rings. The summed E-state index contributed by atoms with van der Waals surface area (Å²) in [6, 6.07) is 12.5. The van der Waals surface area contributed by atoms with Gasteiger partial charge in [-0.3, -0.25) is 5.43 Å². The summed E-state index contributed by atoms with van der Waals surface area (Å²) in [6.07, 6.45) is 5.33. The van der Waals surface area contributed by atoms with Crippen LogP contribution in [0.15, 0.2) is 66.3 Å². The number of carboxylic acid groups (broad SMARTS) is 1. The van der Waals surface area contributed by atoms with Gasteiger partial charge in [-0.15, -0.1) is 0 Å². The standard InChI is InChI=1S/C18H15ClN4O2/c1-12(13-2-5-15(6-3-13)23-9-8-20-11-23)21-22-14-4-7-17(19)16(10-14)18(24)25/h2-11,22H,1H3,(H,24,25)/b21-12-. The number of aromatic carboxylic acids is 1. The molecule has 0 spiro atoms. The number of hydrogen-bond donors (Lipinski definition) is 2. The van der Waals surface area contributed by atoms with Gasteiger partial charge in [-0.1, -0.05) is 23.7 Å². The van der Waals surface area contributed by atoms with Crippen molar-refractivity contribution in [3.05, 3.63) is 77.3 Å². The molecule has 0 saturated carbocycles. The summed E-state index contributed by atoms with van der Waals surface area (Å²) in [4.78, 5) is 15.1. The van der Waals surface area contributed by atoms with Crippen LogP contribution in [0.3, 0.4) is 0 Å². The van der Waals surface area contributed by atoms with Crippen molar-refractivity contribution in [1.29, 1.82) is 0 Å². The lowest BCUT2D eigenvalue weighted by Crippen LogP contribution is -2.02. The fraction of sp³-hybridized carbons (Fsp3) is 0.0556. The molecule has 0 radical (unpaired) electrons. The maximum atomic E-state index is 11.1. The molecule has 6 nitrogen and oxygen atoms in total. The van der Waals surface area contributed by atoms with Crippen LogP contribution in [0.2, 0.25) is 5.02 Å². The minimum atomic E-state index is -1.08. The zero-order chi connectivity index (χ0) is 17.8. The van der Waals surface area contributed by atoms with Gasteiger partial charge in [0.25, 0.3) is 0 Å².